The molecule has 0 heterocycles. The summed E-state index contributed by atoms with van der Waals surface area (Å²) in [6.45, 7) is 0. The van der Waals surface area contributed by atoms with E-state index in [9.17, 15) is 10.5 Å². The largest absolute Gasteiger partial charge is 0.197 e. The predicted octanol–water partition coefficient (Wildman–Crippen LogP) is 4.94. The average Bonchev–Trinajstić information content (AvgIpc) is 2.52. The van der Waals surface area contributed by atoms with Gasteiger partial charge in [0.25, 0.3) is 0 Å². The molecule has 0 bridgehead atoms. The van der Waals surface area contributed by atoms with E-state index in [0.717, 1.165) is 31.2 Å². The van der Waals surface area contributed by atoms with E-state index in [4.69, 9.17) is 0 Å². The van der Waals surface area contributed by atoms with Crippen molar-refractivity contribution in [2.45, 2.75) is 57.3 Å². The third-order valence-corrected chi connectivity index (χ3v) is 4.51. The second-order valence-electron chi connectivity index (χ2n) is 5.82. The van der Waals surface area contributed by atoms with Crippen LogP contribution in [0.5, 0.6) is 0 Å². The molecule has 1 atom stereocenters. The van der Waals surface area contributed by atoms with Crippen LogP contribution in [0.2, 0.25) is 0 Å². The molecule has 0 saturated heterocycles. The van der Waals surface area contributed by atoms with Crippen LogP contribution in [0.4, 0.5) is 0 Å². The molecule has 0 N–H and O–H groups in total. The fraction of sp³-hybridized carbons (Fsp3) is 0.556. The summed E-state index contributed by atoms with van der Waals surface area (Å²) >= 11 is 0. The Morgan fingerprint density at radius 1 is 0.850 bits per heavy atom. The standard InChI is InChI=1S/C18H22N2/c19-14-18(15-20)13-9-4-2-1-3-8-12-17(18)16-10-6-5-7-11-16/h5-7,10-11,17H,1-4,8-9,12-13H2. The number of rotatable bonds is 1. The lowest BCUT2D eigenvalue weighted by atomic mass is 9.68. The van der Waals surface area contributed by atoms with Gasteiger partial charge in [-0.2, -0.15) is 10.5 Å². The van der Waals surface area contributed by atoms with Gasteiger partial charge < -0.3 is 0 Å². The second kappa shape index (κ2) is 7.11. The summed E-state index contributed by atoms with van der Waals surface area (Å²) in [6.07, 6.45) is 8.65. The topological polar surface area (TPSA) is 47.6 Å². The Hall–Kier alpha value is -1.80. The number of hydrogen-bond donors (Lipinski definition) is 0. The molecule has 1 aromatic carbocycles. The van der Waals surface area contributed by atoms with Gasteiger partial charge in [-0.05, 0) is 18.4 Å². The van der Waals surface area contributed by atoms with Crippen LogP contribution in [0.25, 0.3) is 0 Å². The molecule has 1 unspecified atom stereocenters. The van der Waals surface area contributed by atoms with Gasteiger partial charge in [-0.15, -0.1) is 0 Å². The Labute approximate surface area is 122 Å². The van der Waals surface area contributed by atoms with Gasteiger partial charge in [0.2, 0.25) is 0 Å². The van der Waals surface area contributed by atoms with Crippen molar-refractivity contribution in [3.8, 4) is 12.1 Å². The molecule has 1 aromatic rings. The predicted molar refractivity (Wildman–Crippen MR) is 79.8 cm³/mol. The van der Waals surface area contributed by atoms with Crippen molar-refractivity contribution < 1.29 is 0 Å². The smallest absolute Gasteiger partial charge is 0.150 e. The highest BCUT2D eigenvalue weighted by Crippen LogP contribution is 2.43. The van der Waals surface area contributed by atoms with Crippen LogP contribution < -0.4 is 0 Å². The molecule has 104 valence electrons. The van der Waals surface area contributed by atoms with Crippen LogP contribution in [0, 0.1) is 28.1 Å². The maximum absolute atomic E-state index is 9.68. The van der Waals surface area contributed by atoms with Crippen LogP contribution in [-0.2, 0) is 0 Å². The van der Waals surface area contributed by atoms with Crippen LogP contribution >= 0.6 is 0 Å². The third kappa shape index (κ3) is 3.20. The van der Waals surface area contributed by atoms with E-state index in [2.05, 4.69) is 24.3 Å². The monoisotopic (exact) mass is 266 g/mol. The van der Waals surface area contributed by atoms with Crippen molar-refractivity contribution in [1.29, 1.82) is 10.5 Å². The first-order valence-electron chi connectivity index (χ1n) is 7.70. The Morgan fingerprint density at radius 3 is 2.10 bits per heavy atom. The summed E-state index contributed by atoms with van der Waals surface area (Å²) in [5.41, 5.74) is 0.301. The number of benzene rings is 1. The van der Waals surface area contributed by atoms with E-state index in [1.807, 2.05) is 18.2 Å². The molecule has 1 saturated carbocycles. The van der Waals surface area contributed by atoms with E-state index in [1.165, 1.54) is 19.3 Å². The quantitative estimate of drug-likeness (QED) is 0.723. The van der Waals surface area contributed by atoms with Gasteiger partial charge in [-0.1, -0.05) is 68.9 Å². The van der Waals surface area contributed by atoms with Crippen LogP contribution in [0.3, 0.4) is 0 Å². The lowest BCUT2D eigenvalue weighted by Crippen LogP contribution is -2.26. The minimum absolute atomic E-state index is 0.0526. The Balaban J connectivity index is 2.33. The SMILES string of the molecule is N#CC1(C#N)CCCCCCCCC1c1ccccc1. The van der Waals surface area contributed by atoms with Gasteiger partial charge in [-0.3, -0.25) is 0 Å². The maximum Gasteiger partial charge on any atom is 0.150 e. The minimum Gasteiger partial charge on any atom is -0.197 e. The highest BCUT2D eigenvalue weighted by Gasteiger charge is 2.39. The summed E-state index contributed by atoms with van der Waals surface area (Å²) in [4.78, 5) is 0. The first-order valence-corrected chi connectivity index (χ1v) is 7.70. The Kier molecular flexibility index (Phi) is 5.19. The molecule has 2 nitrogen and oxygen atoms in total. The first kappa shape index (κ1) is 14.6. The zero-order chi connectivity index (χ0) is 14.3. The lowest BCUT2D eigenvalue weighted by Gasteiger charge is -2.30. The van der Waals surface area contributed by atoms with Crippen molar-refractivity contribution >= 4 is 0 Å². The molecule has 0 aromatic heterocycles. The first-order chi connectivity index (χ1) is 9.82. The van der Waals surface area contributed by atoms with Gasteiger partial charge in [0.05, 0.1) is 12.1 Å². The van der Waals surface area contributed by atoms with Gasteiger partial charge in [0.15, 0.2) is 5.41 Å². The van der Waals surface area contributed by atoms with Crippen LogP contribution in [0.15, 0.2) is 30.3 Å². The molecular weight excluding hydrogens is 244 g/mol. The number of nitrogens with zero attached hydrogens (tertiary/aromatic N) is 2. The van der Waals surface area contributed by atoms with E-state index in [-0.39, 0.29) is 5.92 Å². The molecule has 0 aliphatic heterocycles. The van der Waals surface area contributed by atoms with Gasteiger partial charge in [0.1, 0.15) is 0 Å². The van der Waals surface area contributed by atoms with Crippen molar-refractivity contribution in [2.75, 3.05) is 0 Å². The molecule has 1 fully saturated rings. The van der Waals surface area contributed by atoms with Gasteiger partial charge in [0, 0.05) is 5.92 Å². The second-order valence-corrected chi connectivity index (χ2v) is 5.82. The Morgan fingerprint density at radius 2 is 1.45 bits per heavy atom. The highest BCUT2D eigenvalue weighted by atomic mass is 14.5. The maximum atomic E-state index is 9.68. The van der Waals surface area contributed by atoms with E-state index in [1.54, 1.807) is 0 Å². The molecule has 0 amide bonds. The summed E-state index contributed by atoms with van der Waals surface area (Å²) < 4.78 is 0. The zero-order valence-corrected chi connectivity index (χ0v) is 12.0. The van der Waals surface area contributed by atoms with E-state index >= 15 is 0 Å². The summed E-state index contributed by atoms with van der Waals surface area (Å²) in [5, 5.41) is 19.4. The summed E-state index contributed by atoms with van der Waals surface area (Å²) in [7, 11) is 0. The molecule has 2 heteroatoms. The molecule has 0 radical (unpaired) electrons. The number of hydrogen-bond acceptors (Lipinski definition) is 2. The van der Waals surface area contributed by atoms with E-state index in [0.29, 0.717) is 6.42 Å². The van der Waals surface area contributed by atoms with Crippen molar-refractivity contribution in [3.05, 3.63) is 35.9 Å². The van der Waals surface area contributed by atoms with Crippen molar-refractivity contribution in [3.63, 3.8) is 0 Å². The van der Waals surface area contributed by atoms with Crippen LogP contribution in [0.1, 0.15) is 62.8 Å². The van der Waals surface area contributed by atoms with Gasteiger partial charge in [-0.25, -0.2) is 0 Å². The molecule has 20 heavy (non-hydrogen) atoms. The Bertz CT molecular complexity index is 478. The van der Waals surface area contributed by atoms with Crippen molar-refractivity contribution in [1.82, 2.24) is 0 Å². The van der Waals surface area contributed by atoms with Gasteiger partial charge >= 0.3 is 0 Å². The summed E-state index contributed by atoms with van der Waals surface area (Å²) in [6, 6.07) is 14.9. The van der Waals surface area contributed by atoms with Crippen LogP contribution in [-0.4, -0.2) is 0 Å². The minimum atomic E-state index is -0.849. The number of nitriles is 2. The highest BCUT2D eigenvalue weighted by molar-refractivity contribution is 5.30. The molecule has 1 aliphatic carbocycles. The molecule has 1 aliphatic rings. The fourth-order valence-electron chi connectivity index (χ4n) is 3.31. The summed E-state index contributed by atoms with van der Waals surface area (Å²) in [5.74, 6) is 0.0526. The molecular formula is C18H22N2. The third-order valence-electron chi connectivity index (χ3n) is 4.51. The molecule has 2 rings (SSSR count). The lowest BCUT2D eigenvalue weighted by molar-refractivity contribution is 0.327. The van der Waals surface area contributed by atoms with Crippen molar-refractivity contribution in [2.24, 2.45) is 5.41 Å². The average molecular weight is 266 g/mol. The zero-order valence-electron chi connectivity index (χ0n) is 12.0. The normalized spacial score (nSPS) is 23.2. The van der Waals surface area contributed by atoms with E-state index < -0.39 is 5.41 Å². The molecule has 0 spiro atoms. The fourth-order valence-corrected chi connectivity index (χ4v) is 3.31.